The van der Waals surface area contributed by atoms with Crippen molar-refractivity contribution < 1.29 is 0 Å². The Balaban J connectivity index is 2.15. The molecule has 0 aromatic heterocycles. The van der Waals surface area contributed by atoms with E-state index in [9.17, 15) is 0 Å². The van der Waals surface area contributed by atoms with Crippen molar-refractivity contribution >= 4 is 0 Å². The van der Waals surface area contributed by atoms with Crippen molar-refractivity contribution in [3.8, 4) is 0 Å². The van der Waals surface area contributed by atoms with Crippen molar-refractivity contribution in [1.29, 1.82) is 0 Å². The third kappa shape index (κ3) is 6.24. The van der Waals surface area contributed by atoms with Gasteiger partial charge in [-0.2, -0.15) is 0 Å². The van der Waals surface area contributed by atoms with Crippen LogP contribution in [0.15, 0.2) is 0 Å². The van der Waals surface area contributed by atoms with Crippen molar-refractivity contribution in [1.82, 2.24) is 9.80 Å². The molecule has 114 valence electrons. The minimum atomic E-state index is 0.806. The predicted octanol–water partition coefficient (Wildman–Crippen LogP) is 2.56. The Hall–Kier alpha value is -0.120. The molecule has 0 bridgehead atoms. The molecule has 1 aliphatic rings. The first-order valence-corrected chi connectivity index (χ1v) is 8.33. The van der Waals surface area contributed by atoms with E-state index < -0.39 is 0 Å². The monoisotopic (exact) mass is 269 g/mol. The first-order chi connectivity index (χ1) is 9.21. The molecule has 2 atom stereocenters. The van der Waals surface area contributed by atoms with Crippen LogP contribution >= 0.6 is 0 Å². The lowest BCUT2D eigenvalue weighted by atomic mass is 9.96. The molecular weight excluding hydrogens is 234 g/mol. The van der Waals surface area contributed by atoms with Gasteiger partial charge in [-0.25, -0.2) is 0 Å². The second-order valence-electron chi connectivity index (χ2n) is 6.18. The van der Waals surface area contributed by atoms with Gasteiger partial charge in [-0.05, 0) is 71.2 Å². The highest BCUT2D eigenvalue weighted by Crippen LogP contribution is 2.18. The van der Waals surface area contributed by atoms with Crippen LogP contribution in [0.1, 0.15) is 52.4 Å². The minimum Gasteiger partial charge on any atom is -0.330 e. The minimum absolute atomic E-state index is 0.806. The Kier molecular flexibility index (Phi) is 8.67. The summed E-state index contributed by atoms with van der Waals surface area (Å²) in [5.41, 5.74) is 5.66. The van der Waals surface area contributed by atoms with Gasteiger partial charge in [0, 0.05) is 12.6 Å². The topological polar surface area (TPSA) is 32.5 Å². The molecule has 1 saturated heterocycles. The second-order valence-corrected chi connectivity index (χ2v) is 6.18. The molecule has 0 saturated carbocycles. The first-order valence-electron chi connectivity index (χ1n) is 8.33. The standard InChI is InChI=1S/C16H35N3/c1-4-15(10-11-17)8-6-12-18(3)14-16-9-7-13-19(16)5-2/h15-16H,4-14,17H2,1-3H3. The van der Waals surface area contributed by atoms with Crippen molar-refractivity contribution in [3.05, 3.63) is 0 Å². The fourth-order valence-corrected chi connectivity index (χ4v) is 3.41. The fraction of sp³-hybridized carbons (Fsp3) is 1.00. The van der Waals surface area contributed by atoms with E-state index in [1.807, 2.05) is 0 Å². The van der Waals surface area contributed by atoms with Crippen LogP contribution in [0, 0.1) is 5.92 Å². The summed E-state index contributed by atoms with van der Waals surface area (Å²) in [6.45, 7) is 10.5. The SMILES string of the molecule is CCC(CCN)CCCN(C)CC1CCCN1CC. The maximum absolute atomic E-state index is 5.66. The average Bonchev–Trinajstić information content (AvgIpc) is 2.84. The summed E-state index contributed by atoms with van der Waals surface area (Å²) in [6, 6.07) is 0.806. The van der Waals surface area contributed by atoms with E-state index in [4.69, 9.17) is 5.73 Å². The number of nitrogens with zero attached hydrogens (tertiary/aromatic N) is 2. The normalized spacial score (nSPS) is 22.3. The van der Waals surface area contributed by atoms with E-state index in [0.29, 0.717) is 0 Å². The van der Waals surface area contributed by atoms with Crippen molar-refractivity contribution in [2.24, 2.45) is 11.7 Å². The van der Waals surface area contributed by atoms with Crippen LogP contribution in [0.25, 0.3) is 0 Å². The van der Waals surface area contributed by atoms with Gasteiger partial charge in [0.25, 0.3) is 0 Å². The zero-order chi connectivity index (χ0) is 14.1. The third-order valence-electron chi connectivity index (χ3n) is 4.73. The van der Waals surface area contributed by atoms with E-state index in [1.54, 1.807) is 0 Å². The van der Waals surface area contributed by atoms with Gasteiger partial charge in [0.15, 0.2) is 0 Å². The van der Waals surface area contributed by atoms with Crippen molar-refractivity contribution in [2.45, 2.75) is 58.4 Å². The molecule has 1 heterocycles. The molecule has 1 rings (SSSR count). The fourth-order valence-electron chi connectivity index (χ4n) is 3.41. The summed E-state index contributed by atoms with van der Waals surface area (Å²) in [4.78, 5) is 5.17. The van der Waals surface area contributed by atoms with Gasteiger partial charge in [-0.1, -0.05) is 20.3 Å². The van der Waals surface area contributed by atoms with Crippen LogP contribution in [0.2, 0.25) is 0 Å². The number of hydrogen-bond acceptors (Lipinski definition) is 3. The van der Waals surface area contributed by atoms with E-state index in [-0.39, 0.29) is 0 Å². The van der Waals surface area contributed by atoms with Gasteiger partial charge < -0.3 is 10.6 Å². The summed E-state index contributed by atoms with van der Waals surface area (Å²) in [7, 11) is 2.29. The third-order valence-corrected chi connectivity index (χ3v) is 4.73. The predicted molar refractivity (Wildman–Crippen MR) is 84.5 cm³/mol. The van der Waals surface area contributed by atoms with E-state index in [1.165, 1.54) is 64.7 Å². The Bertz CT molecular complexity index is 220. The van der Waals surface area contributed by atoms with Gasteiger partial charge in [0.1, 0.15) is 0 Å². The van der Waals surface area contributed by atoms with Gasteiger partial charge in [-0.3, -0.25) is 4.90 Å². The number of likely N-dealkylation sites (tertiary alicyclic amines) is 1. The van der Waals surface area contributed by atoms with Gasteiger partial charge in [-0.15, -0.1) is 0 Å². The van der Waals surface area contributed by atoms with Crippen LogP contribution in [-0.4, -0.2) is 55.6 Å². The first kappa shape index (κ1) is 16.9. The molecule has 19 heavy (non-hydrogen) atoms. The largest absolute Gasteiger partial charge is 0.330 e. The van der Waals surface area contributed by atoms with E-state index in [0.717, 1.165) is 18.5 Å². The van der Waals surface area contributed by atoms with Crippen LogP contribution in [0.4, 0.5) is 0 Å². The molecule has 0 amide bonds. The average molecular weight is 269 g/mol. The molecule has 0 aliphatic carbocycles. The van der Waals surface area contributed by atoms with Gasteiger partial charge >= 0.3 is 0 Å². The van der Waals surface area contributed by atoms with Crippen molar-refractivity contribution in [2.75, 3.05) is 39.8 Å². The van der Waals surface area contributed by atoms with Crippen molar-refractivity contribution in [3.63, 3.8) is 0 Å². The second kappa shape index (κ2) is 9.73. The summed E-state index contributed by atoms with van der Waals surface area (Å²) in [5.74, 6) is 0.844. The highest BCUT2D eigenvalue weighted by Gasteiger charge is 2.23. The Morgan fingerprint density at radius 3 is 2.74 bits per heavy atom. The molecule has 1 fully saturated rings. The maximum atomic E-state index is 5.66. The maximum Gasteiger partial charge on any atom is 0.0223 e. The number of nitrogens with two attached hydrogens (primary N) is 1. The summed E-state index contributed by atoms with van der Waals surface area (Å²) >= 11 is 0. The van der Waals surface area contributed by atoms with Crippen LogP contribution in [0.5, 0.6) is 0 Å². The highest BCUT2D eigenvalue weighted by molar-refractivity contribution is 4.80. The molecule has 0 spiro atoms. The molecule has 3 heteroatoms. The van der Waals surface area contributed by atoms with Crippen LogP contribution in [-0.2, 0) is 0 Å². The molecular formula is C16H35N3. The van der Waals surface area contributed by atoms with Gasteiger partial charge in [0.05, 0.1) is 0 Å². The summed E-state index contributed by atoms with van der Waals surface area (Å²) in [5, 5.41) is 0. The summed E-state index contributed by atoms with van der Waals surface area (Å²) in [6.07, 6.45) is 7.94. The molecule has 0 aromatic rings. The van der Waals surface area contributed by atoms with Crippen LogP contribution < -0.4 is 5.73 Å². The lowest BCUT2D eigenvalue weighted by Gasteiger charge is -2.28. The highest BCUT2D eigenvalue weighted by atomic mass is 15.2. The molecule has 0 aromatic carbocycles. The molecule has 2 N–H and O–H groups in total. The van der Waals surface area contributed by atoms with Crippen LogP contribution in [0.3, 0.4) is 0 Å². The number of rotatable bonds is 10. The Morgan fingerprint density at radius 2 is 2.11 bits per heavy atom. The zero-order valence-corrected chi connectivity index (χ0v) is 13.4. The molecule has 1 aliphatic heterocycles. The lowest BCUT2D eigenvalue weighted by molar-refractivity contribution is 0.194. The van der Waals surface area contributed by atoms with Gasteiger partial charge in [0.2, 0.25) is 0 Å². The number of hydrogen-bond donors (Lipinski definition) is 1. The molecule has 0 radical (unpaired) electrons. The summed E-state index contributed by atoms with van der Waals surface area (Å²) < 4.78 is 0. The zero-order valence-electron chi connectivity index (χ0n) is 13.4. The molecule has 3 nitrogen and oxygen atoms in total. The van der Waals surface area contributed by atoms with E-state index in [2.05, 4.69) is 30.7 Å². The molecule has 2 unspecified atom stereocenters. The number of likely N-dealkylation sites (N-methyl/N-ethyl adjacent to an activating group) is 2. The van der Waals surface area contributed by atoms with E-state index >= 15 is 0 Å². The lowest BCUT2D eigenvalue weighted by Crippen LogP contribution is -2.39. The Morgan fingerprint density at radius 1 is 1.32 bits per heavy atom. The quantitative estimate of drug-likeness (QED) is 0.661. The smallest absolute Gasteiger partial charge is 0.0223 e. The Labute approximate surface area is 120 Å².